The first-order valence-corrected chi connectivity index (χ1v) is 5.86. The van der Waals surface area contributed by atoms with Gasteiger partial charge in [0.05, 0.1) is 11.5 Å². The van der Waals surface area contributed by atoms with E-state index in [9.17, 15) is 10.1 Å². The standard InChI is InChI=1S/C13H16N2O3/c1-10(2)4-3-7-18-12-5-6-13(15(16)17)11(8-12)9-14/h5-6,8,10H,3-4,7H2,1-2H3. The van der Waals surface area contributed by atoms with Crippen molar-refractivity contribution >= 4 is 5.69 Å². The molecule has 0 aliphatic heterocycles. The predicted molar refractivity (Wildman–Crippen MR) is 67.4 cm³/mol. The van der Waals surface area contributed by atoms with E-state index in [1.807, 2.05) is 0 Å². The van der Waals surface area contributed by atoms with E-state index < -0.39 is 4.92 Å². The minimum Gasteiger partial charge on any atom is -0.494 e. The van der Waals surface area contributed by atoms with Crippen molar-refractivity contribution in [1.29, 1.82) is 5.26 Å². The van der Waals surface area contributed by atoms with Gasteiger partial charge in [0.2, 0.25) is 0 Å². The highest BCUT2D eigenvalue weighted by Crippen LogP contribution is 2.23. The molecular formula is C13H16N2O3. The highest BCUT2D eigenvalue weighted by atomic mass is 16.6. The van der Waals surface area contributed by atoms with Crippen molar-refractivity contribution in [3.63, 3.8) is 0 Å². The monoisotopic (exact) mass is 248 g/mol. The van der Waals surface area contributed by atoms with Gasteiger partial charge in [0.25, 0.3) is 5.69 Å². The second-order valence-electron chi connectivity index (χ2n) is 4.43. The SMILES string of the molecule is CC(C)CCCOc1ccc([N+](=O)[O-])c(C#N)c1. The Bertz CT molecular complexity index is 464. The number of nitriles is 1. The van der Waals surface area contributed by atoms with Crippen molar-refractivity contribution in [2.45, 2.75) is 26.7 Å². The van der Waals surface area contributed by atoms with Gasteiger partial charge in [0.1, 0.15) is 17.4 Å². The zero-order valence-corrected chi connectivity index (χ0v) is 10.5. The van der Waals surface area contributed by atoms with Crippen molar-refractivity contribution in [2.75, 3.05) is 6.61 Å². The van der Waals surface area contributed by atoms with Crippen LogP contribution in [0.25, 0.3) is 0 Å². The van der Waals surface area contributed by atoms with Crippen LogP contribution in [-0.2, 0) is 0 Å². The normalized spacial score (nSPS) is 10.1. The molecule has 0 heterocycles. The lowest BCUT2D eigenvalue weighted by atomic mass is 10.1. The lowest BCUT2D eigenvalue weighted by molar-refractivity contribution is -0.385. The zero-order valence-electron chi connectivity index (χ0n) is 10.5. The minimum atomic E-state index is -0.568. The van der Waals surface area contributed by atoms with Gasteiger partial charge in [0.15, 0.2) is 0 Å². The first-order chi connectivity index (χ1) is 8.54. The molecule has 0 aromatic heterocycles. The van der Waals surface area contributed by atoms with Crippen LogP contribution in [0.2, 0.25) is 0 Å². The molecule has 18 heavy (non-hydrogen) atoms. The molecule has 0 aliphatic carbocycles. The van der Waals surface area contributed by atoms with Crippen LogP contribution in [-0.4, -0.2) is 11.5 Å². The molecule has 0 aliphatic rings. The van der Waals surface area contributed by atoms with E-state index in [1.165, 1.54) is 18.2 Å². The van der Waals surface area contributed by atoms with Crippen LogP contribution in [0.15, 0.2) is 18.2 Å². The number of rotatable bonds is 6. The maximum Gasteiger partial charge on any atom is 0.287 e. The summed E-state index contributed by atoms with van der Waals surface area (Å²) in [6.45, 7) is 4.83. The van der Waals surface area contributed by atoms with Crippen LogP contribution in [0.4, 0.5) is 5.69 Å². The summed E-state index contributed by atoms with van der Waals surface area (Å²) < 4.78 is 5.46. The van der Waals surface area contributed by atoms with Crippen LogP contribution in [0, 0.1) is 27.4 Å². The lowest BCUT2D eigenvalue weighted by Crippen LogP contribution is -2.00. The van der Waals surface area contributed by atoms with Gasteiger partial charge < -0.3 is 4.74 Å². The van der Waals surface area contributed by atoms with E-state index in [-0.39, 0.29) is 11.3 Å². The molecule has 1 aromatic carbocycles. The van der Waals surface area contributed by atoms with E-state index in [0.29, 0.717) is 18.3 Å². The molecule has 0 saturated carbocycles. The summed E-state index contributed by atoms with van der Waals surface area (Å²) in [5.74, 6) is 1.13. The molecule has 0 fully saturated rings. The zero-order chi connectivity index (χ0) is 13.5. The fraction of sp³-hybridized carbons (Fsp3) is 0.462. The molecule has 0 atom stereocenters. The van der Waals surface area contributed by atoms with Gasteiger partial charge in [-0.2, -0.15) is 5.26 Å². The lowest BCUT2D eigenvalue weighted by Gasteiger charge is -2.07. The molecule has 0 radical (unpaired) electrons. The van der Waals surface area contributed by atoms with E-state index in [4.69, 9.17) is 10.00 Å². The molecule has 1 rings (SSSR count). The largest absolute Gasteiger partial charge is 0.494 e. The van der Waals surface area contributed by atoms with Crippen LogP contribution in [0.3, 0.4) is 0 Å². The van der Waals surface area contributed by atoms with Crippen molar-refractivity contribution < 1.29 is 9.66 Å². The molecule has 0 N–H and O–H groups in total. The molecule has 1 aromatic rings. The Balaban J connectivity index is 2.63. The highest BCUT2D eigenvalue weighted by molar-refractivity contribution is 5.52. The molecule has 0 unspecified atom stereocenters. The summed E-state index contributed by atoms with van der Waals surface area (Å²) in [7, 11) is 0. The number of benzene rings is 1. The molecule has 0 amide bonds. The second-order valence-corrected chi connectivity index (χ2v) is 4.43. The van der Waals surface area contributed by atoms with Crippen molar-refractivity contribution in [2.24, 2.45) is 5.92 Å². The smallest absolute Gasteiger partial charge is 0.287 e. The fourth-order valence-electron chi connectivity index (χ4n) is 1.54. The first kappa shape index (κ1) is 14.0. The summed E-state index contributed by atoms with van der Waals surface area (Å²) in [6, 6.07) is 6.04. The van der Waals surface area contributed by atoms with Crippen molar-refractivity contribution in [3.8, 4) is 11.8 Å². The van der Waals surface area contributed by atoms with Gasteiger partial charge in [-0.3, -0.25) is 10.1 Å². The summed E-state index contributed by atoms with van der Waals surface area (Å²) in [5.41, 5.74) is -0.159. The van der Waals surface area contributed by atoms with Gasteiger partial charge in [-0.05, 0) is 24.8 Å². The first-order valence-electron chi connectivity index (χ1n) is 5.86. The summed E-state index contributed by atoms with van der Waals surface area (Å²) in [6.07, 6.45) is 1.99. The molecule has 0 saturated heterocycles. The average Bonchev–Trinajstić information content (AvgIpc) is 2.33. The number of ether oxygens (including phenoxy) is 1. The van der Waals surface area contributed by atoms with Crippen LogP contribution >= 0.6 is 0 Å². The van der Waals surface area contributed by atoms with Gasteiger partial charge in [-0.25, -0.2) is 0 Å². The third-order valence-corrected chi connectivity index (χ3v) is 2.48. The summed E-state index contributed by atoms with van der Waals surface area (Å²) in [4.78, 5) is 10.1. The van der Waals surface area contributed by atoms with Gasteiger partial charge >= 0.3 is 0 Å². The number of hydrogen-bond acceptors (Lipinski definition) is 4. The Morgan fingerprint density at radius 2 is 2.22 bits per heavy atom. The van der Waals surface area contributed by atoms with Crippen LogP contribution in [0.1, 0.15) is 32.3 Å². The minimum absolute atomic E-state index is 0.0290. The maximum absolute atomic E-state index is 10.6. The Morgan fingerprint density at radius 1 is 1.50 bits per heavy atom. The fourth-order valence-corrected chi connectivity index (χ4v) is 1.54. The summed E-state index contributed by atoms with van der Waals surface area (Å²) in [5, 5.41) is 19.5. The molecule has 96 valence electrons. The number of nitro groups is 1. The number of nitrogens with zero attached hydrogens (tertiary/aromatic N) is 2. The molecule has 0 spiro atoms. The predicted octanol–water partition coefficient (Wildman–Crippen LogP) is 3.28. The Morgan fingerprint density at radius 3 is 2.78 bits per heavy atom. The third kappa shape index (κ3) is 4.06. The van der Waals surface area contributed by atoms with E-state index in [2.05, 4.69) is 13.8 Å². The molecule has 5 nitrogen and oxygen atoms in total. The number of nitro benzene ring substituents is 1. The second kappa shape index (κ2) is 6.60. The topological polar surface area (TPSA) is 76.2 Å². The van der Waals surface area contributed by atoms with Crippen molar-refractivity contribution in [1.82, 2.24) is 0 Å². The Hall–Kier alpha value is -2.09. The number of hydrogen-bond donors (Lipinski definition) is 0. The van der Waals surface area contributed by atoms with Crippen LogP contribution in [0.5, 0.6) is 5.75 Å². The molecule has 5 heteroatoms. The van der Waals surface area contributed by atoms with Gasteiger partial charge in [0, 0.05) is 12.1 Å². The van der Waals surface area contributed by atoms with E-state index in [0.717, 1.165) is 12.8 Å². The third-order valence-electron chi connectivity index (χ3n) is 2.48. The van der Waals surface area contributed by atoms with Crippen molar-refractivity contribution in [3.05, 3.63) is 33.9 Å². The van der Waals surface area contributed by atoms with E-state index in [1.54, 1.807) is 6.07 Å². The quantitative estimate of drug-likeness (QED) is 0.439. The molecule has 0 bridgehead atoms. The van der Waals surface area contributed by atoms with E-state index >= 15 is 0 Å². The van der Waals surface area contributed by atoms with Crippen LogP contribution < -0.4 is 4.74 Å². The van der Waals surface area contributed by atoms with Gasteiger partial charge in [-0.15, -0.1) is 0 Å². The average molecular weight is 248 g/mol. The maximum atomic E-state index is 10.6. The molecular weight excluding hydrogens is 232 g/mol. The summed E-state index contributed by atoms with van der Waals surface area (Å²) >= 11 is 0. The van der Waals surface area contributed by atoms with Gasteiger partial charge in [-0.1, -0.05) is 13.8 Å². The highest BCUT2D eigenvalue weighted by Gasteiger charge is 2.13. The Kier molecular flexibility index (Phi) is 5.12. The Labute approximate surface area is 106 Å².